The molecular weight excluding hydrogens is 216 g/mol. The molecule has 1 aromatic heterocycles. The highest BCUT2D eigenvalue weighted by Gasteiger charge is 2.13. The number of aliphatic imine (C=N–C) groups is 1. The van der Waals surface area contributed by atoms with E-state index in [0.29, 0.717) is 0 Å². The van der Waals surface area contributed by atoms with Crippen LogP contribution in [0.1, 0.15) is 11.1 Å². The van der Waals surface area contributed by atoms with Crippen LogP contribution in [0.4, 0.5) is 5.69 Å². The fraction of sp³-hybridized carbons (Fsp3) is 0.333. The lowest BCUT2D eigenvalue weighted by atomic mass is 10.1. The van der Waals surface area contributed by atoms with Crippen molar-refractivity contribution in [1.82, 2.24) is 10.3 Å². The second kappa shape index (κ2) is 3.76. The molecule has 0 saturated heterocycles. The molecule has 1 aliphatic heterocycles. The summed E-state index contributed by atoms with van der Waals surface area (Å²) in [5.74, 6) is 0.829. The van der Waals surface area contributed by atoms with Crippen molar-refractivity contribution in [1.29, 1.82) is 0 Å². The predicted octanol–water partition coefficient (Wildman–Crippen LogP) is 1.82. The first-order valence-electron chi connectivity index (χ1n) is 5.64. The third-order valence-electron chi connectivity index (χ3n) is 2.97. The van der Waals surface area contributed by atoms with Gasteiger partial charge in [0.25, 0.3) is 0 Å². The van der Waals surface area contributed by atoms with Gasteiger partial charge in [0.1, 0.15) is 5.52 Å². The van der Waals surface area contributed by atoms with Gasteiger partial charge in [-0.05, 0) is 25.5 Å². The number of fused-ring (bicyclic) bond motifs is 1. The van der Waals surface area contributed by atoms with Crippen molar-refractivity contribution in [3.8, 4) is 0 Å². The highest BCUT2D eigenvalue weighted by Crippen LogP contribution is 2.27. The van der Waals surface area contributed by atoms with Crippen LogP contribution in [0.5, 0.6) is 0 Å². The Bertz CT molecular complexity index is 600. The molecule has 0 radical (unpaired) electrons. The van der Waals surface area contributed by atoms with Crippen LogP contribution < -0.4 is 10.6 Å². The zero-order valence-corrected chi connectivity index (χ0v) is 9.87. The number of guanidine groups is 1. The monoisotopic (exact) mass is 230 g/mol. The molecule has 0 bridgehead atoms. The van der Waals surface area contributed by atoms with E-state index in [9.17, 15) is 0 Å². The largest absolute Gasteiger partial charge is 0.443 e. The molecule has 1 aliphatic rings. The standard InChI is InChI=1S/C12H14N4O/c1-7-5-9(16-12-13-3-4-14-12)8(2)10-11(7)17-6-15-10/h5-6H,3-4H2,1-2H3,(H2,13,14,16). The van der Waals surface area contributed by atoms with Gasteiger partial charge in [-0.15, -0.1) is 0 Å². The number of benzene rings is 1. The quantitative estimate of drug-likeness (QED) is 0.784. The Kier molecular flexibility index (Phi) is 2.24. The van der Waals surface area contributed by atoms with Gasteiger partial charge < -0.3 is 15.1 Å². The molecule has 5 heteroatoms. The molecule has 88 valence electrons. The van der Waals surface area contributed by atoms with Crippen LogP contribution >= 0.6 is 0 Å². The van der Waals surface area contributed by atoms with Gasteiger partial charge in [0, 0.05) is 17.8 Å². The van der Waals surface area contributed by atoms with E-state index in [1.54, 1.807) is 0 Å². The highest BCUT2D eigenvalue weighted by molar-refractivity contribution is 5.98. The molecule has 2 heterocycles. The number of anilines is 1. The minimum Gasteiger partial charge on any atom is -0.443 e. The highest BCUT2D eigenvalue weighted by atomic mass is 16.3. The third kappa shape index (κ3) is 1.63. The predicted molar refractivity (Wildman–Crippen MR) is 67.4 cm³/mol. The van der Waals surface area contributed by atoms with Crippen LogP contribution in [0.2, 0.25) is 0 Å². The first-order chi connectivity index (χ1) is 8.25. The lowest BCUT2D eigenvalue weighted by Crippen LogP contribution is -2.26. The Morgan fingerprint density at radius 2 is 2.29 bits per heavy atom. The zero-order valence-electron chi connectivity index (χ0n) is 9.87. The summed E-state index contributed by atoms with van der Waals surface area (Å²) < 4.78 is 5.37. The van der Waals surface area contributed by atoms with Gasteiger partial charge in [0.2, 0.25) is 0 Å². The van der Waals surface area contributed by atoms with E-state index in [0.717, 1.165) is 47.0 Å². The second-order valence-electron chi connectivity index (χ2n) is 4.18. The molecule has 0 amide bonds. The van der Waals surface area contributed by atoms with Crippen LogP contribution in [0.15, 0.2) is 21.9 Å². The lowest BCUT2D eigenvalue weighted by Gasteiger charge is -2.10. The summed E-state index contributed by atoms with van der Waals surface area (Å²) in [5, 5.41) is 6.48. The minimum atomic E-state index is 0.826. The van der Waals surface area contributed by atoms with Gasteiger partial charge in [-0.1, -0.05) is 0 Å². The molecule has 0 aliphatic carbocycles. The van der Waals surface area contributed by atoms with E-state index in [-0.39, 0.29) is 0 Å². The SMILES string of the molecule is Cc1c(NC2=NCCN2)cc(C)c2ocnc12. The minimum absolute atomic E-state index is 0.826. The molecular formula is C12H14N4O. The smallest absolute Gasteiger partial charge is 0.195 e. The number of nitrogens with zero attached hydrogens (tertiary/aromatic N) is 2. The Morgan fingerprint density at radius 3 is 3.06 bits per heavy atom. The van der Waals surface area contributed by atoms with Gasteiger partial charge in [-0.2, -0.15) is 0 Å². The first-order valence-corrected chi connectivity index (χ1v) is 5.64. The summed E-state index contributed by atoms with van der Waals surface area (Å²) in [5.41, 5.74) is 4.94. The normalized spacial score (nSPS) is 14.8. The Hall–Kier alpha value is -2.04. The molecule has 17 heavy (non-hydrogen) atoms. The zero-order chi connectivity index (χ0) is 11.8. The van der Waals surface area contributed by atoms with Crippen molar-refractivity contribution in [3.63, 3.8) is 0 Å². The molecule has 5 nitrogen and oxygen atoms in total. The number of hydrogen-bond donors (Lipinski definition) is 2. The van der Waals surface area contributed by atoms with Gasteiger partial charge >= 0.3 is 0 Å². The summed E-state index contributed by atoms with van der Waals surface area (Å²) in [4.78, 5) is 8.57. The van der Waals surface area contributed by atoms with Crippen molar-refractivity contribution in [3.05, 3.63) is 23.6 Å². The van der Waals surface area contributed by atoms with Crippen LogP contribution in [0.3, 0.4) is 0 Å². The van der Waals surface area contributed by atoms with Crippen molar-refractivity contribution >= 4 is 22.7 Å². The van der Waals surface area contributed by atoms with Crippen LogP contribution in [0, 0.1) is 13.8 Å². The maximum atomic E-state index is 5.37. The topological polar surface area (TPSA) is 62.5 Å². The number of aryl methyl sites for hydroxylation is 2. The van der Waals surface area contributed by atoms with Crippen LogP contribution in [-0.4, -0.2) is 24.0 Å². The summed E-state index contributed by atoms with van der Waals surface area (Å²) in [6.45, 7) is 5.77. The maximum absolute atomic E-state index is 5.37. The summed E-state index contributed by atoms with van der Waals surface area (Å²) in [6.07, 6.45) is 1.49. The number of hydrogen-bond acceptors (Lipinski definition) is 5. The molecule has 2 N–H and O–H groups in total. The molecule has 3 rings (SSSR count). The van der Waals surface area contributed by atoms with E-state index in [2.05, 4.69) is 26.7 Å². The second-order valence-corrected chi connectivity index (χ2v) is 4.18. The van der Waals surface area contributed by atoms with Crippen LogP contribution in [-0.2, 0) is 0 Å². The van der Waals surface area contributed by atoms with Crippen molar-refractivity contribution < 1.29 is 4.42 Å². The lowest BCUT2D eigenvalue weighted by molar-refractivity contribution is 0.600. The molecule has 0 atom stereocenters. The van der Waals surface area contributed by atoms with Crippen molar-refractivity contribution in [2.24, 2.45) is 4.99 Å². The Morgan fingerprint density at radius 1 is 1.41 bits per heavy atom. The number of aromatic nitrogens is 1. The first kappa shape index (κ1) is 10.1. The summed E-state index contributed by atoms with van der Waals surface area (Å²) in [6, 6.07) is 2.06. The summed E-state index contributed by atoms with van der Waals surface area (Å²) in [7, 11) is 0. The number of rotatable bonds is 1. The van der Waals surface area contributed by atoms with Crippen LogP contribution in [0.25, 0.3) is 11.1 Å². The Balaban J connectivity index is 2.06. The van der Waals surface area contributed by atoms with Gasteiger partial charge in [0.15, 0.2) is 17.9 Å². The summed E-state index contributed by atoms with van der Waals surface area (Å²) >= 11 is 0. The van der Waals surface area contributed by atoms with E-state index < -0.39 is 0 Å². The van der Waals surface area contributed by atoms with E-state index in [4.69, 9.17) is 4.42 Å². The molecule has 1 aromatic carbocycles. The maximum Gasteiger partial charge on any atom is 0.195 e. The van der Waals surface area contributed by atoms with Crippen molar-refractivity contribution in [2.75, 3.05) is 18.4 Å². The molecule has 0 unspecified atom stereocenters. The van der Waals surface area contributed by atoms with Crippen molar-refractivity contribution in [2.45, 2.75) is 13.8 Å². The van der Waals surface area contributed by atoms with Gasteiger partial charge in [-0.25, -0.2) is 4.98 Å². The van der Waals surface area contributed by atoms with Gasteiger partial charge in [0.05, 0.1) is 6.54 Å². The fourth-order valence-corrected chi connectivity index (χ4v) is 2.05. The average Bonchev–Trinajstić information content (AvgIpc) is 2.96. The van der Waals surface area contributed by atoms with E-state index in [1.807, 2.05) is 13.8 Å². The Labute approximate surface area is 98.9 Å². The fourth-order valence-electron chi connectivity index (χ4n) is 2.05. The molecule has 2 aromatic rings. The number of oxazole rings is 1. The van der Waals surface area contributed by atoms with E-state index >= 15 is 0 Å². The molecule has 0 fully saturated rings. The average molecular weight is 230 g/mol. The molecule has 0 spiro atoms. The molecule has 0 saturated carbocycles. The van der Waals surface area contributed by atoms with Gasteiger partial charge in [-0.3, -0.25) is 4.99 Å². The third-order valence-corrected chi connectivity index (χ3v) is 2.97. The number of nitrogens with one attached hydrogen (secondary N) is 2. The van der Waals surface area contributed by atoms with E-state index in [1.165, 1.54) is 6.39 Å².